The fraction of sp³-hybridized carbons (Fsp3) is 0.227. The van der Waals surface area contributed by atoms with Crippen LogP contribution in [-0.2, 0) is 19.6 Å². The Morgan fingerprint density at radius 2 is 1.90 bits per heavy atom. The number of aromatic nitrogens is 2. The van der Waals surface area contributed by atoms with Crippen LogP contribution >= 0.6 is 11.6 Å². The third kappa shape index (κ3) is 4.46. The summed E-state index contributed by atoms with van der Waals surface area (Å²) < 4.78 is 1.78. The van der Waals surface area contributed by atoms with E-state index in [1.54, 1.807) is 21.7 Å². The second kappa shape index (κ2) is 8.59. The second-order valence-corrected chi connectivity index (χ2v) is 7.65. The molecule has 1 aliphatic rings. The Morgan fingerprint density at radius 3 is 2.67 bits per heavy atom. The Bertz CT molecular complexity index is 1080. The minimum atomic E-state index is -0.233. The van der Waals surface area contributed by atoms with E-state index in [1.807, 2.05) is 49.4 Å². The summed E-state index contributed by atoms with van der Waals surface area (Å²) in [7, 11) is 0. The van der Waals surface area contributed by atoms with Gasteiger partial charge in [0.2, 0.25) is 0 Å². The molecule has 154 valence electrons. The number of hydrogen-bond donors (Lipinski definition) is 2. The third-order valence-corrected chi connectivity index (χ3v) is 5.29. The maximum Gasteiger partial charge on any atom is 0.322 e. The number of benzene rings is 2. The number of nitrogens with zero attached hydrogens (tertiary/aromatic N) is 3. The number of urea groups is 1. The van der Waals surface area contributed by atoms with Gasteiger partial charge in [-0.25, -0.2) is 4.79 Å². The molecule has 2 heterocycles. The van der Waals surface area contributed by atoms with Crippen molar-refractivity contribution in [3.05, 3.63) is 82.1 Å². The Balaban J connectivity index is 1.38. The van der Waals surface area contributed by atoms with Crippen molar-refractivity contribution in [3.63, 3.8) is 0 Å². The van der Waals surface area contributed by atoms with Crippen molar-refractivity contribution < 1.29 is 9.59 Å². The summed E-state index contributed by atoms with van der Waals surface area (Å²) in [5.74, 6) is -0.233. The molecule has 1 aliphatic heterocycles. The molecule has 0 fully saturated rings. The van der Waals surface area contributed by atoms with Gasteiger partial charge in [-0.15, -0.1) is 0 Å². The number of halogens is 1. The molecular weight excluding hydrogens is 402 g/mol. The Labute approximate surface area is 179 Å². The van der Waals surface area contributed by atoms with Crippen molar-refractivity contribution in [2.24, 2.45) is 0 Å². The molecule has 7 nitrogen and oxygen atoms in total. The largest absolute Gasteiger partial charge is 0.347 e. The van der Waals surface area contributed by atoms with Crippen molar-refractivity contribution in [1.29, 1.82) is 0 Å². The van der Waals surface area contributed by atoms with Gasteiger partial charge in [0.05, 0.1) is 29.5 Å². The first-order valence-corrected chi connectivity index (χ1v) is 10.1. The lowest BCUT2D eigenvalue weighted by molar-refractivity contribution is 0.0944. The first kappa shape index (κ1) is 20.0. The normalized spacial score (nSPS) is 12.9. The molecule has 0 spiro atoms. The van der Waals surface area contributed by atoms with E-state index in [0.717, 1.165) is 16.8 Å². The zero-order valence-corrected chi connectivity index (χ0v) is 17.3. The quantitative estimate of drug-likeness (QED) is 0.669. The van der Waals surface area contributed by atoms with Crippen molar-refractivity contribution in [2.45, 2.75) is 26.6 Å². The van der Waals surface area contributed by atoms with Gasteiger partial charge in [-0.1, -0.05) is 48.0 Å². The summed E-state index contributed by atoms with van der Waals surface area (Å²) >= 11 is 6.21. The highest BCUT2D eigenvalue weighted by Crippen LogP contribution is 2.24. The molecule has 3 aromatic rings. The number of aryl methyl sites for hydroxylation is 1. The molecule has 0 unspecified atom stereocenters. The van der Waals surface area contributed by atoms with Crippen LogP contribution in [0.5, 0.6) is 0 Å². The van der Waals surface area contributed by atoms with Crippen molar-refractivity contribution in [1.82, 2.24) is 20.0 Å². The average molecular weight is 424 g/mol. The summed E-state index contributed by atoms with van der Waals surface area (Å²) in [6, 6.07) is 16.7. The third-order valence-electron chi connectivity index (χ3n) is 4.98. The standard InChI is InChI=1S/C22H22ClN5O2/c1-15-7-8-19(18(23)11-15)25-22(30)27-9-10-28-17(14-27)12-20(26-28)21(29)24-13-16-5-3-2-4-6-16/h2-8,11-12H,9-10,13-14H2,1H3,(H,24,29)(H,25,30). The van der Waals surface area contributed by atoms with Crippen LogP contribution in [-0.4, -0.2) is 33.2 Å². The zero-order chi connectivity index (χ0) is 21.1. The topological polar surface area (TPSA) is 79.3 Å². The number of fused-ring (bicyclic) bond motifs is 1. The first-order valence-electron chi connectivity index (χ1n) is 9.70. The maximum absolute atomic E-state index is 12.7. The predicted molar refractivity (Wildman–Crippen MR) is 115 cm³/mol. The summed E-state index contributed by atoms with van der Waals surface area (Å²) in [5, 5.41) is 10.6. The van der Waals surface area contributed by atoms with Crippen molar-refractivity contribution in [2.75, 3.05) is 11.9 Å². The highest BCUT2D eigenvalue weighted by atomic mass is 35.5. The molecule has 0 saturated heterocycles. The van der Waals surface area contributed by atoms with Crippen LogP contribution in [0.3, 0.4) is 0 Å². The molecule has 30 heavy (non-hydrogen) atoms. The van der Waals surface area contributed by atoms with Gasteiger partial charge in [0, 0.05) is 13.1 Å². The van der Waals surface area contributed by atoms with E-state index in [9.17, 15) is 9.59 Å². The first-order chi connectivity index (χ1) is 14.5. The second-order valence-electron chi connectivity index (χ2n) is 7.25. The maximum atomic E-state index is 12.7. The number of hydrogen-bond acceptors (Lipinski definition) is 3. The molecule has 0 saturated carbocycles. The van der Waals surface area contributed by atoms with Gasteiger partial charge in [-0.05, 0) is 36.2 Å². The molecular formula is C22H22ClN5O2. The molecule has 0 aliphatic carbocycles. The number of rotatable bonds is 4. The van der Waals surface area contributed by atoms with Gasteiger partial charge in [0.25, 0.3) is 5.91 Å². The van der Waals surface area contributed by atoms with E-state index in [1.165, 1.54) is 0 Å². The SMILES string of the molecule is Cc1ccc(NC(=O)N2CCn3nc(C(=O)NCc4ccccc4)cc3C2)c(Cl)c1. The van der Waals surface area contributed by atoms with Crippen LogP contribution in [0.4, 0.5) is 10.5 Å². The monoisotopic (exact) mass is 423 g/mol. The lowest BCUT2D eigenvalue weighted by atomic mass is 10.2. The Morgan fingerprint density at radius 1 is 1.10 bits per heavy atom. The average Bonchev–Trinajstić information content (AvgIpc) is 3.18. The van der Waals surface area contributed by atoms with Crippen LogP contribution in [0, 0.1) is 6.92 Å². The van der Waals surface area contributed by atoms with Crippen molar-refractivity contribution in [3.8, 4) is 0 Å². The van der Waals surface area contributed by atoms with Crippen LogP contribution < -0.4 is 10.6 Å². The van der Waals surface area contributed by atoms with Gasteiger partial charge in [-0.2, -0.15) is 5.10 Å². The molecule has 2 N–H and O–H groups in total. The van der Waals surface area contributed by atoms with Crippen LogP contribution in [0.2, 0.25) is 5.02 Å². The van der Waals surface area contributed by atoms with E-state index in [-0.39, 0.29) is 11.9 Å². The van der Waals surface area contributed by atoms with Gasteiger partial charge >= 0.3 is 6.03 Å². The molecule has 0 bridgehead atoms. The van der Waals surface area contributed by atoms with E-state index in [2.05, 4.69) is 15.7 Å². The highest BCUT2D eigenvalue weighted by Gasteiger charge is 2.24. The van der Waals surface area contributed by atoms with Crippen LogP contribution in [0.1, 0.15) is 27.3 Å². The zero-order valence-electron chi connectivity index (χ0n) is 16.6. The van der Waals surface area contributed by atoms with Crippen molar-refractivity contribution >= 4 is 29.2 Å². The Hall–Kier alpha value is -3.32. The summed E-state index contributed by atoms with van der Waals surface area (Å²) in [6.45, 7) is 3.77. The van der Waals surface area contributed by atoms with E-state index < -0.39 is 0 Å². The van der Waals surface area contributed by atoms with Gasteiger partial charge in [0.15, 0.2) is 5.69 Å². The summed E-state index contributed by atoms with van der Waals surface area (Å²) in [4.78, 5) is 26.8. The molecule has 3 amide bonds. The lowest BCUT2D eigenvalue weighted by Crippen LogP contribution is -2.40. The van der Waals surface area contributed by atoms with Crippen LogP contribution in [0.25, 0.3) is 0 Å². The predicted octanol–water partition coefficient (Wildman–Crippen LogP) is 3.82. The minimum Gasteiger partial charge on any atom is -0.347 e. The number of carbonyl (C=O) groups is 2. The molecule has 2 aromatic carbocycles. The molecule has 8 heteroatoms. The smallest absolute Gasteiger partial charge is 0.322 e. The molecule has 4 rings (SSSR count). The number of anilines is 1. The van der Waals surface area contributed by atoms with Gasteiger partial charge in [-0.3, -0.25) is 9.48 Å². The number of carbonyl (C=O) groups excluding carboxylic acids is 2. The van der Waals surface area contributed by atoms with E-state index >= 15 is 0 Å². The van der Waals surface area contributed by atoms with E-state index in [0.29, 0.717) is 42.6 Å². The lowest BCUT2D eigenvalue weighted by Gasteiger charge is -2.28. The van der Waals surface area contributed by atoms with Gasteiger partial charge < -0.3 is 15.5 Å². The fourth-order valence-electron chi connectivity index (χ4n) is 3.34. The number of nitrogens with one attached hydrogen (secondary N) is 2. The van der Waals surface area contributed by atoms with Crippen LogP contribution in [0.15, 0.2) is 54.6 Å². The molecule has 0 radical (unpaired) electrons. The highest BCUT2D eigenvalue weighted by molar-refractivity contribution is 6.33. The Kier molecular flexibility index (Phi) is 5.72. The number of amides is 3. The van der Waals surface area contributed by atoms with E-state index in [4.69, 9.17) is 11.6 Å². The summed E-state index contributed by atoms with van der Waals surface area (Å²) in [6.07, 6.45) is 0. The molecule has 0 atom stereocenters. The fourth-order valence-corrected chi connectivity index (χ4v) is 3.62. The van der Waals surface area contributed by atoms with Gasteiger partial charge in [0.1, 0.15) is 0 Å². The summed E-state index contributed by atoms with van der Waals surface area (Å²) in [5.41, 5.74) is 3.79. The minimum absolute atomic E-state index is 0.233. The molecule has 1 aromatic heterocycles.